The highest BCUT2D eigenvalue weighted by atomic mass is 32.1. The summed E-state index contributed by atoms with van der Waals surface area (Å²) in [7, 11) is 0. The fraction of sp³-hybridized carbons (Fsp3) is 0.375. The summed E-state index contributed by atoms with van der Waals surface area (Å²) in [6, 6.07) is 1.02. The zero-order valence-corrected chi connectivity index (χ0v) is 15.6. The van der Waals surface area contributed by atoms with Gasteiger partial charge in [0.1, 0.15) is 4.88 Å². The first-order valence-electron chi connectivity index (χ1n) is 7.69. The van der Waals surface area contributed by atoms with Crippen molar-refractivity contribution in [3.8, 4) is 10.8 Å². The Bertz CT molecular complexity index is 814. The molecule has 2 rings (SSSR count). The van der Waals surface area contributed by atoms with Crippen LogP contribution in [0.4, 0.5) is 4.79 Å². The van der Waals surface area contributed by atoms with Crippen molar-refractivity contribution in [3.63, 3.8) is 0 Å². The maximum atomic E-state index is 12.2. The number of aromatic nitrogens is 3. The van der Waals surface area contributed by atoms with Crippen LogP contribution in [0.3, 0.4) is 0 Å². The van der Waals surface area contributed by atoms with Gasteiger partial charge in [-0.05, 0) is 33.8 Å². The van der Waals surface area contributed by atoms with Crippen LogP contribution in [-0.4, -0.2) is 45.0 Å². The van der Waals surface area contributed by atoms with Gasteiger partial charge in [-0.2, -0.15) is 0 Å². The highest BCUT2D eigenvalue weighted by molar-refractivity contribution is 7.16. The lowest BCUT2D eigenvalue weighted by molar-refractivity contribution is -0.123. The zero-order chi connectivity index (χ0) is 19.3. The molecule has 9 nitrogen and oxygen atoms in total. The van der Waals surface area contributed by atoms with Crippen LogP contribution in [-0.2, 0) is 9.53 Å². The molecule has 3 amide bonds. The number of hydrogen-bond acceptors (Lipinski definition) is 8. The van der Waals surface area contributed by atoms with Crippen molar-refractivity contribution in [3.05, 3.63) is 29.0 Å². The summed E-state index contributed by atoms with van der Waals surface area (Å²) in [5, 5.41) is 5.13. The number of nitrogens with one attached hydrogen (secondary N) is 2. The predicted molar refractivity (Wildman–Crippen MR) is 94.6 cm³/mol. The van der Waals surface area contributed by atoms with Crippen LogP contribution in [0.2, 0.25) is 0 Å². The molecule has 0 saturated carbocycles. The molecule has 0 bridgehead atoms. The predicted octanol–water partition coefficient (Wildman–Crippen LogP) is 1.69. The first kappa shape index (κ1) is 19.4. The third-order valence-electron chi connectivity index (χ3n) is 2.81. The van der Waals surface area contributed by atoms with E-state index in [4.69, 9.17) is 4.74 Å². The van der Waals surface area contributed by atoms with E-state index in [-0.39, 0.29) is 4.88 Å². The molecule has 0 atom stereocenters. The molecule has 2 aromatic rings. The molecule has 0 radical (unpaired) electrons. The van der Waals surface area contributed by atoms with Gasteiger partial charge in [0.15, 0.2) is 17.4 Å². The first-order valence-corrected chi connectivity index (χ1v) is 8.51. The zero-order valence-electron chi connectivity index (χ0n) is 14.8. The van der Waals surface area contributed by atoms with Crippen LogP contribution in [0.1, 0.15) is 36.1 Å². The molecule has 0 unspecified atom stereocenters. The van der Waals surface area contributed by atoms with Crippen molar-refractivity contribution in [2.24, 2.45) is 0 Å². The van der Waals surface area contributed by atoms with Gasteiger partial charge in [0.25, 0.3) is 5.91 Å². The molecular weight excluding hydrogens is 358 g/mol. The number of aryl methyl sites for hydroxylation is 1. The van der Waals surface area contributed by atoms with Gasteiger partial charge in [-0.15, -0.1) is 11.3 Å². The fourth-order valence-electron chi connectivity index (χ4n) is 1.82. The van der Waals surface area contributed by atoms with Gasteiger partial charge >= 0.3 is 12.0 Å². The number of carbonyl (C=O) groups is 3. The lowest BCUT2D eigenvalue weighted by Gasteiger charge is -2.20. The Labute approximate surface area is 154 Å². The minimum Gasteiger partial charge on any atom is -0.451 e. The summed E-state index contributed by atoms with van der Waals surface area (Å²) in [5.41, 5.74) is -0.0372. The molecule has 2 N–H and O–H groups in total. The lowest BCUT2D eigenvalue weighted by atomic mass is 10.1. The van der Waals surface area contributed by atoms with E-state index in [1.54, 1.807) is 46.2 Å². The third-order valence-corrected chi connectivity index (χ3v) is 3.95. The summed E-state index contributed by atoms with van der Waals surface area (Å²) in [4.78, 5) is 48.1. The molecule has 26 heavy (non-hydrogen) atoms. The Morgan fingerprint density at radius 1 is 1.19 bits per heavy atom. The van der Waals surface area contributed by atoms with Gasteiger partial charge in [0, 0.05) is 17.9 Å². The SMILES string of the molecule is Cc1nc(-c2ncccn2)sc1C(=O)OCC(=O)NC(=O)NC(C)(C)C. The normalized spacial score (nSPS) is 10.9. The first-order chi connectivity index (χ1) is 12.2. The van der Waals surface area contributed by atoms with Gasteiger partial charge in [-0.1, -0.05) is 0 Å². The number of rotatable bonds is 4. The maximum absolute atomic E-state index is 12.2. The van der Waals surface area contributed by atoms with Crippen molar-refractivity contribution in [1.82, 2.24) is 25.6 Å². The van der Waals surface area contributed by atoms with E-state index in [0.29, 0.717) is 16.5 Å². The average molecular weight is 377 g/mol. The molecule has 138 valence electrons. The van der Waals surface area contributed by atoms with Gasteiger partial charge in [0.05, 0.1) is 5.69 Å². The topological polar surface area (TPSA) is 123 Å². The standard InChI is InChI=1S/C16H19N5O4S/c1-9-11(26-13(19-9)12-17-6-5-7-18-12)14(23)25-8-10(22)20-15(24)21-16(2,3)4/h5-7H,8H2,1-4H3,(H2,20,21,22,24). The quantitative estimate of drug-likeness (QED) is 0.777. The Morgan fingerprint density at radius 3 is 2.46 bits per heavy atom. The summed E-state index contributed by atoms with van der Waals surface area (Å²) in [6.07, 6.45) is 3.15. The number of carbonyl (C=O) groups excluding carboxylic acids is 3. The minimum atomic E-state index is -0.728. The molecular formula is C16H19N5O4S. The van der Waals surface area contributed by atoms with E-state index in [1.165, 1.54) is 0 Å². The number of thiazole rings is 1. The Hall–Kier alpha value is -2.88. The molecule has 0 aliphatic heterocycles. The van der Waals surface area contributed by atoms with Crippen LogP contribution in [0.25, 0.3) is 10.8 Å². The molecule has 0 fully saturated rings. The number of nitrogens with zero attached hydrogens (tertiary/aromatic N) is 3. The van der Waals surface area contributed by atoms with Gasteiger partial charge in [-0.3, -0.25) is 10.1 Å². The highest BCUT2D eigenvalue weighted by Crippen LogP contribution is 2.25. The molecule has 0 saturated heterocycles. The third kappa shape index (κ3) is 5.59. The number of urea groups is 1. The number of ether oxygens (including phenoxy) is 1. The molecule has 10 heteroatoms. The van der Waals surface area contributed by atoms with Crippen molar-refractivity contribution >= 4 is 29.2 Å². The molecule has 2 aromatic heterocycles. The summed E-state index contributed by atoms with van der Waals surface area (Å²) >= 11 is 1.07. The van der Waals surface area contributed by atoms with Crippen LogP contribution in [0, 0.1) is 6.92 Å². The average Bonchev–Trinajstić information content (AvgIpc) is 2.93. The van der Waals surface area contributed by atoms with E-state index >= 15 is 0 Å². The van der Waals surface area contributed by atoms with Gasteiger partial charge in [-0.25, -0.2) is 24.5 Å². The maximum Gasteiger partial charge on any atom is 0.350 e. The van der Waals surface area contributed by atoms with Crippen molar-refractivity contribution in [1.29, 1.82) is 0 Å². The van der Waals surface area contributed by atoms with E-state index < -0.39 is 30.1 Å². The van der Waals surface area contributed by atoms with Crippen molar-refractivity contribution < 1.29 is 19.1 Å². The summed E-state index contributed by atoms with van der Waals surface area (Å²) < 4.78 is 4.95. The molecule has 0 aromatic carbocycles. The van der Waals surface area contributed by atoms with E-state index in [0.717, 1.165) is 11.3 Å². The largest absolute Gasteiger partial charge is 0.451 e. The van der Waals surface area contributed by atoms with Crippen LogP contribution in [0.15, 0.2) is 18.5 Å². The lowest BCUT2D eigenvalue weighted by Crippen LogP contribution is -2.49. The highest BCUT2D eigenvalue weighted by Gasteiger charge is 2.21. The summed E-state index contributed by atoms with van der Waals surface area (Å²) in [6.45, 7) is 6.40. The molecule has 2 heterocycles. The Kier molecular flexibility index (Phi) is 5.98. The van der Waals surface area contributed by atoms with E-state index in [9.17, 15) is 14.4 Å². The second kappa shape index (κ2) is 8.00. The van der Waals surface area contributed by atoms with Crippen molar-refractivity contribution in [2.75, 3.05) is 6.61 Å². The Morgan fingerprint density at radius 2 is 1.85 bits per heavy atom. The van der Waals surface area contributed by atoms with Crippen molar-refractivity contribution in [2.45, 2.75) is 33.2 Å². The van der Waals surface area contributed by atoms with E-state index in [2.05, 4.69) is 25.6 Å². The molecule has 0 aliphatic rings. The van der Waals surface area contributed by atoms with Crippen LogP contribution in [0.5, 0.6) is 0 Å². The second-order valence-electron chi connectivity index (χ2n) is 6.33. The second-order valence-corrected chi connectivity index (χ2v) is 7.33. The number of esters is 1. The minimum absolute atomic E-state index is 0.249. The van der Waals surface area contributed by atoms with E-state index in [1.807, 2.05) is 0 Å². The molecule has 0 aliphatic carbocycles. The van der Waals surface area contributed by atoms with Gasteiger partial charge < -0.3 is 10.1 Å². The van der Waals surface area contributed by atoms with Crippen LogP contribution < -0.4 is 10.6 Å². The number of amides is 3. The fourth-order valence-corrected chi connectivity index (χ4v) is 2.73. The van der Waals surface area contributed by atoms with Crippen LogP contribution >= 0.6 is 11.3 Å². The smallest absolute Gasteiger partial charge is 0.350 e. The summed E-state index contributed by atoms with van der Waals surface area (Å²) in [5.74, 6) is -1.03. The monoisotopic (exact) mass is 377 g/mol. The molecule has 0 spiro atoms. The Balaban J connectivity index is 1.93. The van der Waals surface area contributed by atoms with Gasteiger partial charge in [0.2, 0.25) is 0 Å². The number of imide groups is 1. The number of hydrogen-bond donors (Lipinski definition) is 2.